The van der Waals surface area contributed by atoms with Crippen LogP contribution in [0.5, 0.6) is 5.88 Å². The Bertz CT molecular complexity index is 599. The number of aromatic nitrogens is 3. The molecule has 5 nitrogen and oxygen atoms in total. The quantitative estimate of drug-likeness (QED) is 0.853. The van der Waals surface area contributed by atoms with Gasteiger partial charge in [0.2, 0.25) is 5.88 Å². The van der Waals surface area contributed by atoms with E-state index in [2.05, 4.69) is 15.0 Å². The summed E-state index contributed by atoms with van der Waals surface area (Å²) in [6.07, 6.45) is 6.06. The van der Waals surface area contributed by atoms with Crippen LogP contribution < -0.4 is 10.5 Å². The van der Waals surface area contributed by atoms with Gasteiger partial charge in [0.25, 0.3) is 0 Å². The van der Waals surface area contributed by atoms with Gasteiger partial charge in [0, 0.05) is 12.4 Å². The Kier molecular flexibility index (Phi) is 3.73. The molecular weight excluding hydrogens is 272 g/mol. The van der Waals surface area contributed by atoms with Gasteiger partial charge in [0.05, 0.1) is 12.3 Å². The summed E-state index contributed by atoms with van der Waals surface area (Å²) in [6, 6.07) is 3.67. The third-order valence-corrected chi connectivity index (χ3v) is 3.80. The van der Waals surface area contributed by atoms with Crippen LogP contribution in [0.1, 0.15) is 18.4 Å². The highest BCUT2D eigenvalue weighted by molar-refractivity contribution is 7.99. The summed E-state index contributed by atoms with van der Waals surface area (Å²) < 4.78 is 5.67. The topological polar surface area (TPSA) is 73.9 Å². The first-order chi connectivity index (χ1) is 9.70. The molecule has 1 fully saturated rings. The molecule has 2 N–H and O–H groups in total. The van der Waals surface area contributed by atoms with Crippen LogP contribution in [0.4, 0.5) is 5.69 Å². The first-order valence-electron chi connectivity index (χ1n) is 6.56. The van der Waals surface area contributed by atoms with E-state index in [4.69, 9.17) is 10.5 Å². The summed E-state index contributed by atoms with van der Waals surface area (Å²) in [7, 11) is 0. The van der Waals surface area contributed by atoms with Gasteiger partial charge in [-0.15, -0.1) is 0 Å². The lowest BCUT2D eigenvalue weighted by molar-refractivity contribution is 0.288. The molecule has 2 heterocycles. The minimum atomic E-state index is 0.508. The van der Waals surface area contributed by atoms with Crippen LogP contribution in [0.15, 0.2) is 34.7 Å². The molecule has 0 atom stereocenters. The van der Waals surface area contributed by atoms with E-state index in [-0.39, 0.29) is 0 Å². The predicted molar refractivity (Wildman–Crippen MR) is 77.8 cm³/mol. The van der Waals surface area contributed by atoms with E-state index in [9.17, 15) is 0 Å². The van der Waals surface area contributed by atoms with E-state index in [1.807, 2.05) is 19.1 Å². The van der Waals surface area contributed by atoms with Crippen LogP contribution in [0.25, 0.3) is 0 Å². The number of hydrogen-bond donors (Lipinski definition) is 1. The van der Waals surface area contributed by atoms with Crippen molar-refractivity contribution in [2.45, 2.75) is 29.9 Å². The summed E-state index contributed by atoms with van der Waals surface area (Å²) in [6.45, 7) is 2.66. The van der Waals surface area contributed by atoms with Crippen molar-refractivity contribution in [3.8, 4) is 5.88 Å². The fraction of sp³-hybridized carbons (Fsp3) is 0.357. The van der Waals surface area contributed by atoms with Crippen LogP contribution in [0, 0.1) is 12.8 Å². The molecule has 0 aromatic carbocycles. The number of nitrogens with zero attached hydrogens (tertiary/aromatic N) is 3. The van der Waals surface area contributed by atoms with Crippen LogP contribution in [0.2, 0.25) is 0 Å². The van der Waals surface area contributed by atoms with Crippen molar-refractivity contribution in [2.75, 3.05) is 12.3 Å². The third kappa shape index (κ3) is 3.39. The lowest BCUT2D eigenvalue weighted by Crippen LogP contribution is -2.04. The molecule has 0 radical (unpaired) electrons. The maximum atomic E-state index is 5.88. The summed E-state index contributed by atoms with van der Waals surface area (Å²) in [5.41, 5.74) is 7.49. The SMILES string of the molecule is Cc1cnc(Sc2ccc(N)c(OCC3CC3)n2)nc1. The normalized spacial score (nSPS) is 14.2. The van der Waals surface area contributed by atoms with Gasteiger partial charge in [-0.05, 0) is 55.1 Å². The Morgan fingerprint density at radius 2 is 2.05 bits per heavy atom. The van der Waals surface area contributed by atoms with Gasteiger partial charge in [0.15, 0.2) is 5.16 Å². The van der Waals surface area contributed by atoms with E-state index in [0.29, 0.717) is 29.2 Å². The number of rotatable bonds is 5. The molecule has 0 bridgehead atoms. The van der Waals surface area contributed by atoms with Crippen LogP contribution in [-0.2, 0) is 0 Å². The fourth-order valence-electron chi connectivity index (χ4n) is 1.61. The van der Waals surface area contributed by atoms with E-state index < -0.39 is 0 Å². The number of nitrogen functional groups attached to an aromatic ring is 1. The molecule has 2 aromatic rings. The van der Waals surface area contributed by atoms with Crippen molar-refractivity contribution in [1.29, 1.82) is 0 Å². The molecule has 1 aliphatic carbocycles. The molecule has 2 aromatic heterocycles. The van der Waals surface area contributed by atoms with Crippen molar-refractivity contribution in [3.05, 3.63) is 30.1 Å². The first-order valence-corrected chi connectivity index (χ1v) is 7.38. The van der Waals surface area contributed by atoms with Crippen LogP contribution in [-0.4, -0.2) is 21.6 Å². The Hall–Kier alpha value is -1.82. The van der Waals surface area contributed by atoms with E-state index in [0.717, 1.165) is 10.6 Å². The van der Waals surface area contributed by atoms with Crippen molar-refractivity contribution in [3.63, 3.8) is 0 Å². The minimum Gasteiger partial charge on any atom is -0.476 e. The average molecular weight is 288 g/mol. The highest BCUT2D eigenvalue weighted by Crippen LogP contribution is 2.32. The summed E-state index contributed by atoms with van der Waals surface area (Å²) in [4.78, 5) is 12.9. The molecule has 0 unspecified atom stereocenters. The molecule has 6 heteroatoms. The second-order valence-electron chi connectivity index (χ2n) is 4.94. The van der Waals surface area contributed by atoms with Gasteiger partial charge >= 0.3 is 0 Å². The number of anilines is 1. The Balaban J connectivity index is 1.71. The average Bonchev–Trinajstić information content (AvgIpc) is 3.26. The van der Waals surface area contributed by atoms with Gasteiger partial charge < -0.3 is 10.5 Å². The number of ether oxygens (including phenoxy) is 1. The molecular formula is C14H16N4OS. The van der Waals surface area contributed by atoms with Gasteiger partial charge in [-0.2, -0.15) is 0 Å². The van der Waals surface area contributed by atoms with E-state index >= 15 is 0 Å². The lowest BCUT2D eigenvalue weighted by atomic mass is 10.4. The lowest BCUT2D eigenvalue weighted by Gasteiger charge is -2.08. The smallest absolute Gasteiger partial charge is 0.238 e. The predicted octanol–water partition coefficient (Wildman–Crippen LogP) is 2.70. The summed E-state index contributed by atoms with van der Waals surface area (Å²) in [5, 5.41) is 1.45. The zero-order chi connectivity index (χ0) is 13.9. The number of nitrogens with two attached hydrogens (primary N) is 1. The van der Waals surface area contributed by atoms with Crippen molar-refractivity contribution >= 4 is 17.4 Å². The molecule has 104 valence electrons. The number of hydrogen-bond acceptors (Lipinski definition) is 6. The Labute approximate surface area is 122 Å². The number of pyridine rings is 1. The molecule has 20 heavy (non-hydrogen) atoms. The van der Waals surface area contributed by atoms with Crippen molar-refractivity contribution < 1.29 is 4.74 Å². The molecule has 1 saturated carbocycles. The second kappa shape index (κ2) is 5.66. The maximum absolute atomic E-state index is 5.88. The van der Waals surface area contributed by atoms with Crippen LogP contribution >= 0.6 is 11.8 Å². The summed E-state index contributed by atoms with van der Waals surface area (Å²) in [5.74, 6) is 1.18. The Morgan fingerprint density at radius 1 is 1.30 bits per heavy atom. The zero-order valence-corrected chi connectivity index (χ0v) is 12.1. The van der Waals surface area contributed by atoms with Gasteiger partial charge in [-0.25, -0.2) is 15.0 Å². The third-order valence-electron chi connectivity index (χ3n) is 2.97. The van der Waals surface area contributed by atoms with E-state index in [1.54, 1.807) is 12.4 Å². The largest absolute Gasteiger partial charge is 0.476 e. The van der Waals surface area contributed by atoms with Crippen LogP contribution in [0.3, 0.4) is 0 Å². The molecule has 0 saturated heterocycles. The molecule has 0 amide bonds. The molecule has 0 spiro atoms. The van der Waals surface area contributed by atoms with Gasteiger partial charge in [-0.1, -0.05) is 0 Å². The van der Waals surface area contributed by atoms with Crippen molar-refractivity contribution in [2.24, 2.45) is 5.92 Å². The fourth-order valence-corrected chi connectivity index (χ4v) is 2.28. The Morgan fingerprint density at radius 3 is 2.75 bits per heavy atom. The van der Waals surface area contributed by atoms with Gasteiger partial charge in [0.1, 0.15) is 5.03 Å². The minimum absolute atomic E-state index is 0.508. The number of aryl methyl sites for hydroxylation is 1. The maximum Gasteiger partial charge on any atom is 0.238 e. The monoisotopic (exact) mass is 288 g/mol. The van der Waals surface area contributed by atoms with Crippen molar-refractivity contribution in [1.82, 2.24) is 15.0 Å². The highest BCUT2D eigenvalue weighted by atomic mass is 32.2. The summed E-state index contributed by atoms with van der Waals surface area (Å²) >= 11 is 1.40. The zero-order valence-electron chi connectivity index (χ0n) is 11.2. The van der Waals surface area contributed by atoms with Gasteiger partial charge in [-0.3, -0.25) is 0 Å². The molecule has 3 rings (SSSR count). The highest BCUT2D eigenvalue weighted by Gasteiger charge is 2.22. The second-order valence-corrected chi connectivity index (χ2v) is 5.93. The molecule has 0 aliphatic heterocycles. The van der Waals surface area contributed by atoms with E-state index in [1.165, 1.54) is 24.6 Å². The standard InChI is InChI=1S/C14H16N4OS/c1-9-6-16-14(17-7-9)20-12-5-4-11(15)13(18-12)19-8-10-2-3-10/h4-7,10H,2-3,8,15H2,1H3. The first kappa shape index (κ1) is 13.2. The molecule has 1 aliphatic rings.